The summed E-state index contributed by atoms with van der Waals surface area (Å²) in [7, 11) is 0. The molecule has 1 fully saturated rings. The highest BCUT2D eigenvalue weighted by Crippen LogP contribution is 2.22. The van der Waals surface area contributed by atoms with Gasteiger partial charge in [0.1, 0.15) is 12.4 Å². The zero-order valence-corrected chi connectivity index (χ0v) is 12.6. The molecule has 0 bridgehead atoms. The molecule has 1 saturated carbocycles. The number of amides is 1. The average molecular weight is 294 g/mol. The van der Waals surface area contributed by atoms with Crippen LogP contribution in [0.25, 0.3) is 0 Å². The second kappa shape index (κ2) is 8.85. The summed E-state index contributed by atoms with van der Waals surface area (Å²) in [5.41, 5.74) is 6.09. The monoisotopic (exact) mass is 294 g/mol. The van der Waals surface area contributed by atoms with Crippen LogP contribution in [0.15, 0.2) is 22.8 Å². The highest BCUT2D eigenvalue weighted by Gasteiger charge is 2.26. The van der Waals surface area contributed by atoms with E-state index < -0.39 is 0 Å². The third-order valence-corrected chi connectivity index (χ3v) is 4.00. The maximum atomic E-state index is 12.1. The van der Waals surface area contributed by atoms with Crippen molar-refractivity contribution in [2.75, 3.05) is 13.2 Å². The van der Waals surface area contributed by atoms with Gasteiger partial charge in [0.25, 0.3) is 0 Å². The van der Waals surface area contributed by atoms with Crippen LogP contribution in [0, 0.1) is 5.92 Å². The first-order chi connectivity index (χ1) is 10.3. The van der Waals surface area contributed by atoms with Crippen molar-refractivity contribution in [3.63, 3.8) is 0 Å². The van der Waals surface area contributed by atoms with Crippen molar-refractivity contribution >= 4 is 5.91 Å². The molecule has 1 amide bonds. The zero-order valence-electron chi connectivity index (χ0n) is 12.6. The minimum absolute atomic E-state index is 0.0164. The summed E-state index contributed by atoms with van der Waals surface area (Å²) < 4.78 is 10.6. The van der Waals surface area contributed by atoms with E-state index in [9.17, 15) is 4.79 Å². The Hall–Kier alpha value is -1.33. The Morgan fingerprint density at radius 2 is 2.24 bits per heavy atom. The molecule has 0 aromatic carbocycles. The van der Waals surface area contributed by atoms with Crippen molar-refractivity contribution in [2.45, 2.75) is 51.2 Å². The number of hydrogen-bond acceptors (Lipinski definition) is 4. The number of ether oxygens (including phenoxy) is 1. The van der Waals surface area contributed by atoms with Crippen LogP contribution in [0.5, 0.6) is 0 Å². The number of furan rings is 1. The van der Waals surface area contributed by atoms with Gasteiger partial charge in [-0.2, -0.15) is 0 Å². The van der Waals surface area contributed by atoms with Crippen LogP contribution < -0.4 is 11.1 Å². The number of nitrogens with two attached hydrogens (primary N) is 1. The van der Waals surface area contributed by atoms with Crippen molar-refractivity contribution in [3.8, 4) is 0 Å². The van der Waals surface area contributed by atoms with E-state index in [0.717, 1.165) is 37.9 Å². The Balaban J connectivity index is 1.56. The predicted molar refractivity (Wildman–Crippen MR) is 80.5 cm³/mol. The molecule has 21 heavy (non-hydrogen) atoms. The number of nitrogens with one attached hydrogen (secondary N) is 1. The van der Waals surface area contributed by atoms with E-state index in [1.165, 1.54) is 6.42 Å². The highest BCUT2D eigenvalue weighted by molar-refractivity contribution is 5.79. The van der Waals surface area contributed by atoms with Gasteiger partial charge in [0.05, 0.1) is 12.2 Å². The fourth-order valence-electron chi connectivity index (χ4n) is 2.75. The van der Waals surface area contributed by atoms with E-state index in [2.05, 4.69) is 5.32 Å². The largest absolute Gasteiger partial charge is 0.467 e. The first-order valence-corrected chi connectivity index (χ1v) is 7.91. The second-order valence-electron chi connectivity index (χ2n) is 5.68. The second-order valence-corrected chi connectivity index (χ2v) is 5.68. The quantitative estimate of drug-likeness (QED) is 0.597. The number of hydrogen-bond donors (Lipinski definition) is 2. The van der Waals surface area contributed by atoms with Crippen molar-refractivity contribution in [3.05, 3.63) is 24.2 Å². The molecule has 118 valence electrons. The molecule has 2 rings (SSSR count). The Labute approximate surface area is 126 Å². The fourth-order valence-corrected chi connectivity index (χ4v) is 2.75. The standard InChI is InChI=1S/C16H26N2O3/c17-15-8-3-1-2-7-14(15)16(19)18-9-5-10-20-12-13-6-4-11-21-13/h4,6,11,14-15H,1-3,5,7-10,12,17H2,(H,18,19). The van der Waals surface area contributed by atoms with Gasteiger partial charge < -0.3 is 20.2 Å². The SMILES string of the molecule is NC1CCCCCC1C(=O)NCCCOCc1ccco1. The lowest BCUT2D eigenvalue weighted by atomic mass is 9.94. The van der Waals surface area contributed by atoms with Gasteiger partial charge >= 0.3 is 0 Å². The molecule has 0 aliphatic heterocycles. The summed E-state index contributed by atoms with van der Waals surface area (Å²) in [5, 5.41) is 2.98. The molecule has 1 aromatic rings. The van der Waals surface area contributed by atoms with Gasteiger partial charge in [0.2, 0.25) is 5.91 Å². The van der Waals surface area contributed by atoms with Crippen molar-refractivity contribution < 1.29 is 13.9 Å². The molecule has 1 aliphatic rings. The van der Waals surface area contributed by atoms with Gasteiger partial charge in [-0.3, -0.25) is 4.79 Å². The molecular formula is C16H26N2O3. The summed E-state index contributed by atoms with van der Waals surface area (Å²) in [4.78, 5) is 12.1. The number of carbonyl (C=O) groups is 1. The molecule has 1 heterocycles. The molecular weight excluding hydrogens is 268 g/mol. The van der Waals surface area contributed by atoms with Crippen LogP contribution >= 0.6 is 0 Å². The molecule has 2 atom stereocenters. The van der Waals surface area contributed by atoms with E-state index in [4.69, 9.17) is 14.9 Å². The summed E-state index contributed by atoms with van der Waals surface area (Å²) >= 11 is 0. The van der Waals surface area contributed by atoms with Gasteiger partial charge in [-0.25, -0.2) is 0 Å². The Morgan fingerprint density at radius 1 is 1.38 bits per heavy atom. The first-order valence-electron chi connectivity index (χ1n) is 7.91. The van der Waals surface area contributed by atoms with Crippen molar-refractivity contribution in [1.29, 1.82) is 0 Å². The van der Waals surface area contributed by atoms with Crippen molar-refractivity contribution in [1.82, 2.24) is 5.32 Å². The van der Waals surface area contributed by atoms with Gasteiger partial charge in [0.15, 0.2) is 0 Å². The zero-order chi connectivity index (χ0) is 14.9. The van der Waals surface area contributed by atoms with Crippen molar-refractivity contribution in [2.24, 2.45) is 11.7 Å². The maximum Gasteiger partial charge on any atom is 0.224 e. The van der Waals surface area contributed by atoms with Crippen LogP contribution in [0.2, 0.25) is 0 Å². The fraction of sp³-hybridized carbons (Fsp3) is 0.688. The predicted octanol–water partition coefficient (Wildman–Crippen LogP) is 2.21. The molecule has 1 aliphatic carbocycles. The summed E-state index contributed by atoms with van der Waals surface area (Å²) in [6.07, 6.45) is 7.76. The molecule has 0 saturated heterocycles. The van der Waals surface area contributed by atoms with E-state index >= 15 is 0 Å². The van der Waals surface area contributed by atoms with E-state index in [-0.39, 0.29) is 17.9 Å². The van der Waals surface area contributed by atoms with Crippen LogP contribution in [-0.2, 0) is 16.1 Å². The Morgan fingerprint density at radius 3 is 3.05 bits per heavy atom. The minimum atomic E-state index is -0.0171. The van der Waals surface area contributed by atoms with Crippen LogP contribution in [0.3, 0.4) is 0 Å². The normalized spacial score (nSPS) is 22.7. The minimum Gasteiger partial charge on any atom is -0.467 e. The topological polar surface area (TPSA) is 77.5 Å². The van der Waals surface area contributed by atoms with Crippen LogP contribution in [-0.4, -0.2) is 25.1 Å². The highest BCUT2D eigenvalue weighted by atomic mass is 16.5. The van der Waals surface area contributed by atoms with Gasteiger partial charge in [0, 0.05) is 19.2 Å². The number of rotatable bonds is 7. The summed E-state index contributed by atoms with van der Waals surface area (Å²) in [6, 6.07) is 3.74. The lowest BCUT2D eigenvalue weighted by molar-refractivity contribution is -0.125. The average Bonchev–Trinajstić information content (AvgIpc) is 2.90. The van der Waals surface area contributed by atoms with Gasteiger partial charge in [-0.05, 0) is 31.4 Å². The molecule has 1 aromatic heterocycles. The van der Waals surface area contributed by atoms with Gasteiger partial charge in [-0.15, -0.1) is 0 Å². The molecule has 2 unspecified atom stereocenters. The third-order valence-electron chi connectivity index (χ3n) is 4.00. The van der Waals surface area contributed by atoms with E-state index in [1.807, 2.05) is 12.1 Å². The molecule has 5 nitrogen and oxygen atoms in total. The molecule has 0 spiro atoms. The molecule has 5 heteroatoms. The Bertz CT molecular complexity index is 406. The van der Waals surface area contributed by atoms with Crippen LogP contribution in [0.4, 0.5) is 0 Å². The molecule has 3 N–H and O–H groups in total. The molecule has 0 radical (unpaired) electrons. The maximum absolute atomic E-state index is 12.1. The van der Waals surface area contributed by atoms with E-state index in [0.29, 0.717) is 19.8 Å². The smallest absolute Gasteiger partial charge is 0.224 e. The summed E-state index contributed by atoms with van der Waals surface area (Å²) in [6.45, 7) is 1.73. The van der Waals surface area contributed by atoms with E-state index in [1.54, 1.807) is 6.26 Å². The number of carbonyl (C=O) groups excluding carboxylic acids is 1. The van der Waals surface area contributed by atoms with Crippen LogP contribution in [0.1, 0.15) is 44.3 Å². The lowest BCUT2D eigenvalue weighted by Crippen LogP contribution is -2.41. The lowest BCUT2D eigenvalue weighted by Gasteiger charge is -2.20. The first kappa shape index (κ1) is 16.0. The Kier molecular flexibility index (Phi) is 6.76. The summed E-state index contributed by atoms with van der Waals surface area (Å²) in [5.74, 6) is 0.912. The third kappa shape index (κ3) is 5.52. The van der Waals surface area contributed by atoms with Gasteiger partial charge in [-0.1, -0.05) is 19.3 Å².